The van der Waals surface area contributed by atoms with E-state index >= 15 is 0 Å². The first-order valence-electron chi connectivity index (χ1n) is 9.64. The number of nitrogens with one attached hydrogen (secondary N) is 1. The number of anilines is 2. The molecule has 0 amide bonds. The van der Waals surface area contributed by atoms with Gasteiger partial charge in [-0.25, -0.2) is 15.0 Å². The number of hydrogen-bond donors (Lipinski definition) is 1. The SMILES string of the molecule is COc1ccc(Nc2nccc(-c3sc(C)nc3C)n2)cc1CN1CCOCC1. The Labute approximate surface area is 174 Å². The van der Waals surface area contributed by atoms with E-state index in [0.29, 0.717) is 5.95 Å². The predicted molar refractivity (Wildman–Crippen MR) is 115 cm³/mol. The van der Waals surface area contributed by atoms with Gasteiger partial charge < -0.3 is 14.8 Å². The van der Waals surface area contributed by atoms with Gasteiger partial charge in [-0.05, 0) is 38.1 Å². The topological polar surface area (TPSA) is 72.4 Å². The van der Waals surface area contributed by atoms with Crippen molar-refractivity contribution in [3.63, 3.8) is 0 Å². The average Bonchev–Trinajstić information content (AvgIpc) is 3.07. The van der Waals surface area contributed by atoms with Gasteiger partial charge in [0.15, 0.2) is 0 Å². The van der Waals surface area contributed by atoms with E-state index in [1.54, 1.807) is 24.6 Å². The van der Waals surface area contributed by atoms with Gasteiger partial charge in [-0.2, -0.15) is 0 Å². The van der Waals surface area contributed by atoms with E-state index in [4.69, 9.17) is 14.5 Å². The first-order chi connectivity index (χ1) is 14.1. The second-order valence-corrected chi connectivity index (χ2v) is 8.16. The Bertz CT molecular complexity index is 985. The maximum absolute atomic E-state index is 5.56. The van der Waals surface area contributed by atoms with Crippen molar-refractivity contribution in [3.05, 3.63) is 46.7 Å². The third kappa shape index (κ3) is 4.72. The highest BCUT2D eigenvalue weighted by Gasteiger charge is 2.15. The molecule has 1 saturated heterocycles. The van der Waals surface area contributed by atoms with Gasteiger partial charge in [-0.1, -0.05) is 0 Å². The van der Waals surface area contributed by atoms with Crippen LogP contribution in [0.2, 0.25) is 0 Å². The van der Waals surface area contributed by atoms with Crippen LogP contribution in [0.1, 0.15) is 16.3 Å². The summed E-state index contributed by atoms with van der Waals surface area (Å²) < 4.78 is 11.0. The Morgan fingerprint density at radius 3 is 2.72 bits per heavy atom. The van der Waals surface area contributed by atoms with Crippen LogP contribution in [0.25, 0.3) is 10.6 Å². The Balaban J connectivity index is 1.55. The lowest BCUT2D eigenvalue weighted by atomic mass is 10.1. The number of thiazole rings is 1. The summed E-state index contributed by atoms with van der Waals surface area (Å²) in [6, 6.07) is 7.99. The first kappa shape index (κ1) is 19.8. The summed E-state index contributed by atoms with van der Waals surface area (Å²) in [6.45, 7) is 8.25. The highest BCUT2D eigenvalue weighted by atomic mass is 32.1. The van der Waals surface area contributed by atoms with E-state index in [0.717, 1.165) is 71.1 Å². The molecule has 1 aliphatic heterocycles. The van der Waals surface area contributed by atoms with Gasteiger partial charge >= 0.3 is 0 Å². The van der Waals surface area contributed by atoms with Crippen molar-refractivity contribution in [2.24, 2.45) is 0 Å². The van der Waals surface area contributed by atoms with E-state index < -0.39 is 0 Å². The van der Waals surface area contributed by atoms with Gasteiger partial charge in [0.2, 0.25) is 5.95 Å². The summed E-state index contributed by atoms with van der Waals surface area (Å²) in [6.07, 6.45) is 1.78. The average molecular weight is 412 g/mol. The number of nitrogens with zero attached hydrogens (tertiary/aromatic N) is 4. The highest BCUT2D eigenvalue weighted by molar-refractivity contribution is 7.15. The second-order valence-electron chi connectivity index (χ2n) is 6.95. The zero-order valence-electron chi connectivity index (χ0n) is 16.9. The van der Waals surface area contributed by atoms with E-state index in [1.165, 1.54) is 0 Å². The third-order valence-corrected chi connectivity index (χ3v) is 5.92. The first-order valence-corrected chi connectivity index (χ1v) is 10.5. The van der Waals surface area contributed by atoms with E-state index in [1.807, 2.05) is 32.0 Å². The summed E-state index contributed by atoms with van der Waals surface area (Å²) in [7, 11) is 1.71. The smallest absolute Gasteiger partial charge is 0.227 e. The molecule has 0 atom stereocenters. The van der Waals surface area contributed by atoms with Gasteiger partial charge in [0.1, 0.15) is 5.75 Å². The minimum atomic E-state index is 0.565. The second kappa shape index (κ2) is 8.86. The third-order valence-electron chi connectivity index (χ3n) is 4.83. The summed E-state index contributed by atoms with van der Waals surface area (Å²) in [5.41, 5.74) is 3.94. The maximum Gasteiger partial charge on any atom is 0.227 e. The van der Waals surface area contributed by atoms with E-state index in [2.05, 4.69) is 26.3 Å². The van der Waals surface area contributed by atoms with Crippen LogP contribution in [0.3, 0.4) is 0 Å². The van der Waals surface area contributed by atoms with Crippen LogP contribution in [0.5, 0.6) is 5.75 Å². The van der Waals surface area contributed by atoms with Crippen LogP contribution in [0, 0.1) is 13.8 Å². The number of benzene rings is 1. The van der Waals surface area contributed by atoms with Crippen molar-refractivity contribution in [3.8, 4) is 16.3 Å². The number of hydrogen-bond acceptors (Lipinski definition) is 8. The van der Waals surface area contributed by atoms with Crippen molar-refractivity contribution in [1.82, 2.24) is 19.9 Å². The fraction of sp³-hybridized carbons (Fsp3) is 0.381. The molecule has 0 bridgehead atoms. The van der Waals surface area contributed by atoms with Gasteiger partial charge in [0.25, 0.3) is 0 Å². The Morgan fingerprint density at radius 1 is 1.17 bits per heavy atom. The minimum absolute atomic E-state index is 0.565. The minimum Gasteiger partial charge on any atom is -0.496 e. The van der Waals surface area contributed by atoms with Crippen molar-refractivity contribution in [2.45, 2.75) is 20.4 Å². The number of rotatable bonds is 6. The van der Waals surface area contributed by atoms with E-state index in [9.17, 15) is 0 Å². The highest BCUT2D eigenvalue weighted by Crippen LogP contribution is 2.30. The molecule has 0 unspecified atom stereocenters. The van der Waals surface area contributed by atoms with E-state index in [-0.39, 0.29) is 0 Å². The maximum atomic E-state index is 5.56. The lowest BCUT2D eigenvalue weighted by molar-refractivity contribution is 0.0339. The molecule has 0 radical (unpaired) electrons. The summed E-state index contributed by atoms with van der Waals surface area (Å²) in [5.74, 6) is 1.45. The molecule has 3 heterocycles. The molecular formula is C21H25N5O2S. The quantitative estimate of drug-likeness (QED) is 0.661. The summed E-state index contributed by atoms with van der Waals surface area (Å²) in [4.78, 5) is 17.0. The Kier molecular flexibility index (Phi) is 6.03. The van der Waals surface area contributed by atoms with Crippen molar-refractivity contribution in [1.29, 1.82) is 0 Å². The van der Waals surface area contributed by atoms with Crippen molar-refractivity contribution >= 4 is 23.0 Å². The molecule has 1 fully saturated rings. The Morgan fingerprint density at radius 2 is 2.00 bits per heavy atom. The van der Waals surface area contributed by atoms with Crippen LogP contribution >= 0.6 is 11.3 Å². The van der Waals surface area contributed by atoms with Crippen LogP contribution in [0.15, 0.2) is 30.5 Å². The molecule has 1 N–H and O–H groups in total. The predicted octanol–water partition coefficient (Wildman–Crippen LogP) is 3.80. The zero-order valence-corrected chi connectivity index (χ0v) is 17.8. The normalized spacial score (nSPS) is 14.7. The molecule has 0 spiro atoms. The molecule has 3 aromatic rings. The molecule has 152 valence electrons. The van der Waals surface area contributed by atoms with Crippen molar-refractivity contribution < 1.29 is 9.47 Å². The molecular weight excluding hydrogens is 386 g/mol. The number of aromatic nitrogens is 3. The number of aryl methyl sites for hydroxylation is 2. The van der Waals surface area contributed by atoms with Gasteiger partial charge in [0, 0.05) is 37.1 Å². The molecule has 0 aliphatic carbocycles. The standard InChI is InChI=1S/C21H25N5O2S/c1-14-20(29-15(2)23-14)18-6-7-22-21(25-18)24-17-4-5-19(27-3)16(12-17)13-26-8-10-28-11-9-26/h4-7,12H,8-11,13H2,1-3H3,(H,22,24,25). The fourth-order valence-electron chi connectivity index (χ4n) is 3.42. The summed E-state index contributed by atoms with van der Waals surface area (Å²) >= 11 is 1.65. The number of methoxy groups -OCH3 is 1. The molecule has 0 saturated carbocycles. The zero-order chi connectivity index (χ0) is 20.2. The number of ether oxygens (including phenoxy) is 2. The number of morpholine rings is 1. The van der Waals surface area contributed by atoms with Crippen LogP contribution in [-0.2, 0) is 11.3 Å². The monoisotopic (exact) mass is 411 g/mol. The Hall–Kier alpha value is -2.55. The molecule has 1 aromatic carbocycles. The lowest BCUT2D eigenvalue weighted by Crippen LogP contribution is -2.35. The van der Waals surface area contributed by atoms with Crippen LogP contribution in [-0.4, -0.2) is 53.3 Å². The molecule has 2 aromatic heterocycles. The van der Waals surface area contributed by atoms with Crippen LogP contribution in [0.4, 0.5) is 11.6 Å². The summed E-state index contributed by atoms with van der Waals surface area (Å²) in [5, 5.41) is 4.37. The van der Waals surface area contributed by atoms with Gasteiger partial charge in [-0.15, -0.1) is 11.3 Å². The molecule has 4 rings (SSSR count). The van der Waals surface area contributed by atoms with Crippen LogP contribution < -0.4 is 10.1 Å². The largest absolute Gasteiger partial charge is 0.496 e. The lowest BCUT2D eigenvalue weighted by Gasteiger charge is -2.27. The van der Waals surface area contributed by atoms with Gasteiger partial charge in [-0.3, -0.25) is 4.90 Å². The molecule has 8 heteroatoms. The van der Waals surface area contributed by atoms with Crippen molar-refractivity contribution in [2.75, 3.05) is 38.7 Å². The molecule has 29 heavy (non-hydrogen) atoms. The van der Waals surface area contributed by atoms with Gasteiger partial charge in [0.05, 0.1) is 41.6 Å². The fourth-order valence-corrected chi connectivity index (χ4v) is 4.31. The molecule has 1 aliphatic rings. The molecule has 7 nitrogen and oxygen atoms in total.